The number of carbonyl (C=O) groups is 1. The molecule has 5 aromatic rings. The molecule has 6 rings (SSSR count). The van der Waals surface area contributed by atoms with Gasteiger partial charge in [-0.25, -0.2) is 9.79 Å². The minimum atomic E-state index is -0.707. The number of carbonyl (C=O) groups excluding carboxylic acids is 1. The van der Waals surface area contributed by atoms with Crippen molar-refractivity contribution in [3.63, 3.8) is 0 Å². The van der Waals surface area contributed by atoms with Crippen LogP contribution in [0, 0.1) is 0 Å². The molecule has 2 atom stereocenters. The zero-order chi connectivity index (χ0) is 34.3. The number of hydrogen-bond acceptors (Lipinski definition) is 8. The lowest BCUT2D eigenvalue weighted by Crippen LogP contribution is -2.40. The minimum absolute atomic E-state index is 0.260. The molecule has 2 unspecified atom stereocenters. The molecular formula is C40H38N2O6S. The second kappa shape index (κ2) is 15.2. The van der Waals surface area contributed by atoms with Crippen LogP contribution in [0.25, 0.3) is 6.08 Å². The normalized spacial score (nSPS) is 14.9. The monoisotopic (exact) mass is 674 g/mol. The summed E-state index contributed by atoms with van der Waals surface area (Å²) < 4.78 is 25.3. The van der Waals surface area contributed by atoms with Crippen LogP contribution in [0.1, 0.15) is 55.8 Å². The topological polar surface area (TPSA) is 88.4 Å². The van der Waals surface area contributed by atoms with Crippen molar-refractivity contribution in [2.45, 2.75) is 39.2 Å². The number of methoxy groups -OCH3 is 1. The van der Waals surface area contributed by atoms with Crippen LogP contribution in [0.2, 0.25) is 0 Å². The molecule has 250 valence electrons. The molecule has 0 bridgehead atoms. The number of para-hydroxylation sites is 1. The van der Waals surface area contributed by atoms with Crippen molar-refractivity contribution in [2.24, 2.45) is 4.99 Å². The van der Waals surface area contributed by atoms with Gasteiger partial charge in [-0.05, 0) is 78.4 Å². The molecule has 9 heteroatoms. The van der Waals surface area contributed by atoms with Crippen molar-refractivity contribution in [3.05, 3.63) is 151 Å². The third kappa shape index (κ3) is 7.52. The second-order valence-corrected chi connectivity index (χ2v) is 12.7. The summed E-state index contributed by atoms with van der Waals surface area (Å²) >= 11 is 1.27. The van der Waals surface area contributed by atoms with Crippen LogP contribution in [0.5, 0.6) is 23.0 Å². The van der Waals surface area contributed by atoms with Gasteiger partial charge >= 0.3 is 5.97 Å². The lowest BCUT2D eigenvalue weighted by Gasteiger charge is -2.24. The molecule has 0 amide bonds. The zero-order valence-electron chi connectivity index (χ0n) is 27.9. The van der Waals surface area contributed by atoms with Crippen molar-refractivity contribution in [1.29, 1.82) is 0 Å². The van der Waals surface area contributed by atoms with E-state index in [2.05, 4.69) is 26.0 Å². The Balaban J connectivity index is 1.23. The van der Waals surface area contributed by atoms with Crippen LogP contribution in [-0.4, -0.2) is 30.9 Å². The number of allylic oxidation sites excluding steroid dienone is 1. The third-order valence-electron chi connectivity index (χ3n) is 8.47. The number of ether oxygens (including phenoxy) is 4. The molecule has 2 heterocycles. The maximum Gasteiger partial charge on any atom is 0.343 e. The molecule has 0 saturated carbocycles. The first kappa shape index (κ1) is 33.5. The highest BCUT2D eigenvalue weighted by atomic mass is 32.1. The summed E-state index contributed by atoms with van der Waals surface area (Å²) in [7, 11) is 1.58. The molecule has 0 fully saturated rings. The van der Waals surface area contributed by atoms with E-state index in [9.17, 15) is 9.59 Å². The summed E-state index contributed by atoms with van der Waals surface area (Å²) in [5, 5.41) is 0. The Morgan fingerprint density at radius 2 is 1.59 bits per heavy atom. The van der Waals surface area contributed by atoms with E-state index in [1.165, 1.54) is 16.9 Å². The number of aromatic nitrogens is 1. The summed E-state index contributed by atoms with van der Waals surface area (Å²) in [6.07, 6.45) is 2.89. The van der Waals surface area contributed by atoms with Crippen molar-refractivity contribution in [3.8, 4) is 23.0 Å². The summed E-state index contributed by atoms with van der Waals surface area (Å²) in [6, 6.07) is 31.3. The lowest BCUT2D eigenvalue weighted by molar-refractivity contribution is -0.130. The Bertz CT molecular complexity index is 2140. The first-order chi connectivity index (χ1) is 23.9. The minimum Gasteiger partial charge on any atom is -0.493 e. The molecule has 1 aliphatic rings. The van der Waals surface area contributed by atoms with Gasteiger partial charge in [0, 0.05) is 0 Å². The fraction of sp³-hybridized carbons (Fsp3) is 0.225. The molecule has 0 radical (unpaired) electrons. The Morgan fingerprint density at radius 1 is 0.898 bits per heavy atom. The average Bonchev–Trinajstić information content (AvgIpc) is 3.43. The molecule has 1 aliphatic heterocycles. The summed E-state index contributed by atoms with van der Waals surface area (Å²) in [5.74, 6) is 2.27. The smallest absolute Gasteiger partial charge is 0.343 e. The molecule has 8 nitrogen and oxygen atoms in total. The summed E-state index contributed by atoms with van der Waals surface area (Å²) in [4.78, 5) is 32.9. The average molecular weight is 675 g/mol. The molecule has 4 aromatic carbocycles. The van der Waals surface area contributed by atoms with E-state index in [-0.39, 0.29) is 5.56 Å². The van der Waals surface area contributed by atoms with Gasteiger partial charge in [0.25, 0.3) is 5.56 Å². The molecule has 0 spiro atoms. The van der Waals surface area contributed by atoms with Crippen LogP contribution >= 0.6 is 11.3 Å². The van der Waals surface area contributed by atoms with E-state index >= 15 is 0 Å². The van der Waals surface area contributed by atoms with E-state index in [0.29, 0.717) is 57.0 Å². The number of fused-ring (bicyclic) bond motifs is 1. The highest BCUT2D eigenvalue weighted by Crippen LogP contribution is 2.32. The Morgan fingerprint density at radius 3 is 2.29 bits per heavy atom. The Kier molecular flexibility index (Phi) is 10.4. The number of rotatable bonds is 12. The van der Waals surface area contributed by atoms with Crippen molar-refractivity contribution in [2.75, 3.05) is 20.3 Å². The molecule has 0 aliphatic carbocycles. The van der Waals surface area contributed by atoms with E-state index in [1.54, 1.807) is 48.9 Å². The number of thiazole rings is 1. The van der Waals surface area contributed by atoms with Gasteiger partial charge in [0.1, 0.15) is 24.7 Å². The van der Waals surface area contributed by atoms with Gasteiger partial charge in [0.15, 0.2) is 16.3 Å². The summed E-state index contributed by atoms with van der Waals surface area (Å²) in [5.41, 5.74) is 3.37. The van der Waals surface area contributed by atoms with E-state index in [4.69, 9.17) is 23.9 Å². The van der Waals surface area contributed by atoms with Gasteiger partial charge in [-0.2, -0.15) is 0 Å². The van der Waals surface area contributed by atoms with Crippen LogP contribution in [-0.2, 0) is 4.79 Å². The number of benzene rings is 4. The number of hydrogen-bond donors (Lipinski definition) is 0. The maximum atomic E-state index is 14.1. The SMILES string of the molecule is CCC(C)c1ccc(OCCOc2ccc(/C=c3/sc4n(c3=O)C(c3ccccc3)C(C(=O)Oc3ccccc3)=C(C)N=4)cc2OC)cc1. The second-order valence-electron chi connectivity index (χ2n) is 11.7. The van der Waals surface area contributed by atoms with Crippen LogP contribution < -0.4 is 33.8 Å². The first-order valence-corrected chi connectivity index (χ1v) is 17.1. The largest absolute Gasteiger partial charge is 0.493 e. The van der Waals surface area contributed by atoms with Gasteiger partial charge in [-0.3, -0.25) is 9.36 Å². The highest BCUT2D eigenvalue weighted by molar-refractivity contribution is 7.07. The molecule has 0 saturated heterocycles. The molecular weight excluding hydrogens is 637 g/mol. The maximum absolute atomic E-state index is 14.1. The van der Waals surface area contributed by atoms with Crippen LogP contribution in [0.4, 0.5) is 0 Å². The van der Waals surface area contributed by atoms with Crippen molar-refractivity contribution in [1.82, 2.24) is 4.57 Å². The summed E-state index contributed by atoms with van der Waals surface area (Å²) in [6.45, 7) is 6.87. The fourth-order valence-electron chi connectivity index (χ4n) is 5.67. The van der Waals surface area contributed by atoms with E-state index in [0.717, 1.165) is 23.3 Å². The lowest BCUT2D eigenvalue weighted by atomic mass is 9.96. The molecule has 1 aromatic heterocycles. The van der Waals surface area contributed by atoms with E-state index in [1.807, 2.05) is 66.7 Å². The predicted octanol–water partition coefficient (Wildman–Crippen LogP) is 6.82. The van der Waals surface area contributed by atoms with Crippen LogP contribution in [0.3, 0.4) is 0 Å². The standard InChI is InChI=1S/C40H38N2O6S/c1-5-26(2)29-17-19-31(20-18-29)46-22-23-47-33-21-16-28(24-34(33)45-4)25-35-38(43)42-37(30-12-8-6-9-13-30)36(27(3)41-40(42)49-35)39(44)48-32-14-10-7-11-15-32/h6-21,24-26,37H,5,22-23H2,1-4H3/b35-25+. The van der Waals surface area contributed by atoms with E-state index < -0.39 is 12.0 Å². The van der Waals surface area contributed by atoms with Gasteiger partial charge in [0.05, 0.1) is 29.0 Å². The van der Waals surface area contributed by atoms with Gasteiger partial charge in [0.2, 0.25) is 0 Å². The molecule has 49 heavy (non-hydrogen) atoms. The van der Waals surface area contributed by atoms with Gasteiger partial charge in [-0.1, -0.05) is 91.9 Å². The number of nitrogens with zero attached hydrogens (tertiary/aromatic N) is 2. The number of esters is 1. The predicted molar refractivity (Wildman–Crippen MR) is 191 cm³/mol. The fourth-order valence-corrected chi connectivity index (χ4v) is 6.71. The Hall–Kier alpha value is -5.41. The van der Waals surface area contributed by atoms with Gasteiger partial charge in [-0.15, -0.1) is 0 Å². The Labute approximate surface area is 289 Å². The molecule has 0 N–H and O–H groups in total. The highest BCUT2D eigenvalue weighted by Gasteiger charge is 2.33. The van der Waals surface area contributed by atoms with Gasteiger partial charge < -0.3 is 18.9 Å². The first-order valence-electron chi connectivity index (χ1n) is 16.2. The van der Waals surface area contributed by atoms with Crippen LogP contribution in [0.15, 0.2) is 124 Å². The third-order valence-corrected chi connectivity index (χ3v) is 9.45. The van der Waals surface area contributed by atoms with Crippen molar-refractivity contribution < 1.29 is 23.7 Å². The quantitative estimate of drug-likeness (QED) is 0.0820. The van der Waals surface area contributed by atoms with Crippen molar-refractivity contribution >= 4 is 23.4 Å². The zero-order valence-corrected chi connectivity index (χ0v) is 28.7.